The number of fused-ring (bicyclic) bond motifs is 2. The van der Waals surface area contributed by atoms with Gasteiger partial charge in [0.05, 0.1) is 10.4 Å². The molecule has 1 amide bonds. The number of carbonyl (C=O) groups is 1. The van der Waals surface area contributed by atoms with E-state index in [0.717, 1.165) is 24.2 Å². The number of hydrogen-bond donors (Lipinski definition) is 2. The fraction of sp³-hybridized carbons (Fsp3) is 0.500. The van der Waals surface area contributed by atoms with Gasteiger partial charge in [0.15, 0.2) is 0 Å². The number of rotatable bonds is 2. The van der Waals surface area contributed by atoms with Gasteiger partial charge < -0.3 is 10.6 Å². The molecule has 3 heterocycles. The second-order valence-electron chi connectivity index (χ2n) is 4.77. The molecule has 1 aromatic rings. The van der Waals surface area contributed by atoms with Crippen LogP contribution in [0.3, 0.4) is 0 Å². The number of nitrogens with one attached hydrogen (secondary N) is 2. The molecule has 3 rings (SSSR count). The van der Waals surface area contributed by atoms with E-state index in [1.165, 1.54) is 6.42 Å². The van der Waals surface area contributed by atoms with Gasteiger partial charge >= 0.3 is 0 Å². The van der Waals surface area contributed by atoms with Gasteiger partial charge in [-0.3, -0.25) is 4.79 Å². The maximum Gasteiger partial charge on any atom is 0.261 e. The minimum atomic E-state index is -0.122. The lowest BCUT2D eigenvalue weighted by molar-refractivity contribution is 0.0935. The molecule has 0 spiro atoms. The number of carbonyl (C=O) groups excluding carboxylic acids is 1. The lowest BCUT2D eigenvalue weighted by atomic mass is 9.95. The summed E-state index contributed by atoms with van der Waals surface area (Å²) in [7, 11) is 0. The Morgan fingerprint density at radius 3 is 3.00 bits per heavy atom. The molecule has 3 atom stereocenters. The molecule has 0 radical (unpaired) electrons. The number of nitrogens with zero attached hydrogens (tertiary/aromatic N) is 1. The zero-order valence-electron chi connectivity index (χ0n) is 9.57. The van der Waals surface area contributed by atoms with Gasteiger partial charge in [0, 0.05) is 18.1 Å². The third-order valence-corrected chi connectivity index (χ3v) is 5.00. The summed E-state index contributed by atoms with van der Waals surface area (Å²) in [6.07, 6.45) is 3.34. The standard InChI is InChI=1S/C12H12ClN3OS/c13-11-6(5-14)3-10(18-11)12(17)16-9-4-7-1-2-8(9)15-7/h3,7-9,15H,1-2,4H2,(H,16,17)/t7-,8+,9-/m1/s1. The molecule has 94 valence electrons. The van der Waals surface area contributed by atoms with E-state index in [2.05, 4.69) is 10.6 Å². The van der Waals surface area contributed by atoms with Crippen LogP contribution in [-0.4, -0.2) is 24.0 Å². The Bertz CT molecular complexity index is 536. The first-order chi connectivity index (χ1) is 8.67. The van der Waals surface area contributed by atoms with E-state index in [4.69, 9.17) is 16.9 Å². The van der Waals surface area contributed by atoms with E-state index in [1.807, 2.05) is 6.07 Å². The Kier molecular flexibility index (Phi) is 3.02. The van der Waals surface area contributed by atoms with Crippen LogP contribution in [0.5, 0.6) is 0 Å². The Hall–Kier alpha value is -1.09. The van der Waals surface area contributed by atoms with E-state index in [0.29, 0.717) is 26.9 Å². The van der Waals surface area contributed by atoms with E-state index in [9.17, 15) is 4.79 Å². The summed E-state index contributed by atoms with van der Waals surface area (Å²) in [6, 6.07) is 4.71. The Morgan fingerprint density at radius 2 is 2.44 bits per heavy atom. The van der Waals surface area contributed by atoms with Crippen LogP contribution in [-0.2, 0) is 0 Å². The summed E-state index contributed by atoms with van der Waals surface area (Å²) in [5.41, 5.74) is 0.373. The van der Waals surface area contributed by atoms with Gasteiger partial charge in [-0.05, 0) is 25.3 Å². The molecule has 2 saturated heterocycles. The largest absolute Gasteiger partial charge is 0.347 e. The average Bonchev–Trinajstić information content (AvgIpc) is 3.03. The van der Waals surface area contributed by atoms with Crippen LogP contribution in [0.1, 0.15) is 34.5 Å². The summed E-state index contributed by atoms with van der Waals surface area (Å²) in [5, 5.41) is 15.3. The Morgan fingerprint density at radius 1 is 1.61 bits per heavy atom. The van der Waals surface area contributed by atoms with Gasteiger partial charge in [-0.25, -0.2) is 0 Å². The normalized spacial score (nSPS) is 29.2. The minimum absolute atomic E-state index is 0.122. The number of thiophene rings is 1. The Balaban J connectivity index is 1.70. The van der Waals surface area contributed by atoms with Gasteiger partial charge in [-0.2, -0.15) is 5.26 Å². The van der Waals surface area contributed by atoms with Crippen molar-refractivity contribution in [2.75, 3.05) is 0 Å². The number of halogens is 1. The molecule has 0 aromatic carbocycles. The van der Waals surface area contributed by atoms with Gasteiger partial charge in [0.2, 0.25) is 0 Å². The van der Waals surface area contributed by atoms with Crippen LogP contribution < -0.4 is 10.6 Å². The third-order valence-electron chi connectivity index (χ3n) is 3.65. The smallest absolute Gasteiger partial charge is 0.261 e. The van der Waals surface area contributed by atoms with Gasteiger partial charge in [-0.1, -0.05) is 11.6 Å². The fourth-order valence-electron chi connectivity index (χ4n) is 2.78. The Labute approximate surface area is 114 Å². The second-order valence-corrected chi connectivity index (χ2v) is 6.43. The molecule has 2 N–H and O–H groups in total. The molecule has 2 aliphatic rings. The fourth-order valence-corrected chi connectivity index (χ4v) is 3.86. The summed E-state index contributed by atoms with van der Waals surface area (Å²) in [4.78, 5) is 12.6. The first-order valence-corrected chi connectivity index (χ1v) is 7.13. The van der Waals surface area contributed by atoms with Crippen LogP contribution in [0.15, 0.2) is 6.07 Å². The topological polar surface area (TPSA) is 64.9 Å². The van der Waals surface area contributed by atoms with Crippen LogP contribution in [0.2, 0.25) is 4.34 Å². The molecule has 2 fully saturated rings. The lowest BCUT2D eigenvalue weighted by Crippen LogP contribution is -2.42. The van der Waals surface area contributed by atoms with Crippen molar-refractivity contribution in [2.24, 2.45) is 0 Å². The maximum absolute atomic E-state index is 12.1. The lowest BCUT2D eigenvalue weighted by Gasteiger charge is -2.20. The van der Waals surface area contributed by atoms with Crippen molar-refractivity contribution in [1.82, 2.24) is 10.6 Å². The van der Waals surface area contributed by atoms with Crippen molar-refractivity contribution in [3.63, 3.8) is 0 Å². The van der Waals surface area contributed by atoms with E-state index >= 15 is 0 Å². The highest BCUT2D eigenvalue weighted by molar-refractivity contribution is 7.18. The van der Waals surface area contributed by atoms with Crippen LogP contribution in [0.25, 0.3) is 0 Å². The summed E-state index contributed by atoms with van der Waals surface area (Å²) in [6.45, 7) is 0. The first kappa shape index (κ1) is 12.0. The van der Waals surface area contributed by atoms with Crippen LogP contribution in [0.4, 0.5) is 0 Å². The van der Waals surface area contributed by atoms with Crippen molar-refractivity contribution >= 4 is 28.8 Å². The van der Waals surface area contributed by atoms with E-state index < -0.39 is 0 Å². The zero-order valence-corrected chi connectivity index (χ0v) is 11.1. The molecule has 0 saturated carbocycles. The number of amides is 1. The molecule has 0 unspecified atom stereocenters. The summed E-state index contributed by atoms with van der Waals surface area (Å²) >= 11 is 7.03. The average molecular weight is 282 g/mol. The van der Waals surface area contributed by atoms with E-state index in [1.54, 1.807) is 6.07 Å². The van der Waals surface area contributed by atoms with Gasteiger partial charge in [0.25, 0.3) is 5.91 Å². The highest BCUT2D eigenvalue weighted by Crippen LogP contribution is 2.30. The maximum atomic E-state index is 12.1. The first-order valence-electron chi connectivity index (χ1n) is 5.93. The number of nitriles is 1. The van der Waals surface area contributed by atoms with Gasteiger partial charge in [0.1, 0.15) is 10.4 Å². The SMILES string of the molecule is N#Cc1cc(C(=O)N[C@@H]2C[C@H]3CC[C@@H]2N3)sc1Cl. The zero-order chi connectivity index (χ0) is 12.7. The second kappa shape index (κ2) is 4.54. The minimum Gasteiger partial charge on any atom is -0.347 e. The van der Waals surface area contributed by atoms with Crippen molar-refractivity contribution in [3.05, 3.63) is 20.8 Å². The van der Waals surface area contributed by atoms with Crippen molar-refractivity contribution < 1.29 is 4.79 Å². The highest BCUT2D eigenvalue weighted by Gasteiger charge is 2.39. The van der Waals surface area contributed by atoms with E-state index in [-0.39, 0.29) is 11.9 Å². The molecule has 0 aliphatic carbocycles. The predicted molar refractivity (Wildman–Crippen MR) is 69.9 cm³/mol. The van der Waals surface area contributed by atoms with Crippen LogP contribution >= 0.6 is 22.9 Å². The quantitative estimate of drug-likeness (QED) is 0.870. The monoisotopic (exact) mass is 281 g/mol. The number of hydrogen-bond acceptors (Lipinski definition) is 4. The predicted octanol–water partition coefficient (Wildman–Crippen LogP) is 1.90. The molecular formula is C12H12ClN3OS. The van der Waals surface area contributed by atoms with Crippen LogP contribution in [0, 0.1) is 11.3 Å². The molecule has 6 heteroatoms. The van der Waals surface area contributed by atoms with Crippen molar-refractivity contribution in [2.45, 2.75) is 37.4 Å². The molecule has 4 nitrogen and oxygen atoms in total. The molecule has 2 aliphatic heterocycles. The molecule has 1 aromatic heterocycles. The summed E-state index contributed by atoms with van der Waals surface area (Å²) < 4.78 is 0.383. The molecular weight excluding hydrogens is 270 g/mol. The van der Waals surface area contributed by atoms with Crippen molar-refractivity contribution in [3.8, 4) is 6.07 Å². The third kappa shape index (κ3) is 2.01. The van der Waals surface area contributed by atoms with Crippen molar-refractivity contribution in [1.29, 1.82) is 5.26 Å². The molecule has 2 bridgehead atoms. The molecule has 18 heavy (non-hydrogen) atoms. The highest BCUT2D eigenvalue weighted by atomic mass is 35.5. The van der Waals surface area contributed by atoms with Gasteiger partial charge in [-0.15, -0.1) is 11.3 Å². The summed E-state index contributed by atoms with van der Waals surface area (Å²) in [5.74, 6) is -0.122.